The summed E-state index contributed by atoms with van der Waals surface area (Å²) >= 11 is 9.40. The summed E-state index contributed by atoms with van der Waals surface area (Å²) in [6, 6.07) is 16.7. The molecule has 0 radical (unpaired) electrons. The lowest BCUT2D eigenvalue weighted by molar-refractivity contribution is -0.384. The molecule has 174 valence electrons. The summed E-state index contributed by atoms with van der Waals surface area (Å²) in [6.45, 7) is 1.50. The number of nitro groups is 1. The molecule has 1 atom stereocenters. The molecule has 0 saturated carbocycles. The monoisotopic (exact) mass is 545 g/mol. The first-order valence-electron chi connectivity index (χ1n) is 9.75. The van der Waals surface area contributed by atoms with Gasteiger partial charge in [-0.2, -0.15) is 5.10 Å². The van der Waals surface area contributed by atoms with Crippen molar-refractivity contribution < 1.29 is 24.0 Å². The lowest BCUT2D eigenvalue weighted by Crippen LogP contribution is -2.33. The Labute approximate surface area is 207 Å². The van der Waals surface area contributed by atoms with E-state index in [4.69, 9.17) is 21.1 Å². The first-order valence-corrected chi connectivity index (χ1v) is 10.9. The van der Waals surface area contributed by atoms with Crippen LogP contribution < -0.4 is 14.9 Å². The van der Waals surface area contributed by atoms with E-state index < -0.39 is 22.9 Å². The van der Waals surface area contributed by atoms with E-state index in [-0.39, 0.29) is 27.8 Å². The predicted octanol–water partition coefficient (Wildman–Crippen LogP) is 5.15. The molecule has 0 aromatic heterocycles. The molecule has 0 aliphatic rings. The Morgan fingerprint density at radius 1 is 1.15 bits per heavy atom. The summed E-state index contributed by atoms with van der Waals surface area (Å²) in [5.41, 5.74) is 2.88. The minimum absolute atomic E-state index is 0.0888. The first kappa shape index (κ1) is 24.9. The summed E-state index contributed by atoms with van der Waals surface area (Å²) in [4.78, 5) is 35.0. The maximum Gasteiger partial charge on any atom is 0.345 e. The normalized spacial score (nSPS) is 11.6. The van der Waals surface area contributed by atoms with Crippen LogP contribution in [0.4, 0.5) is 5.69 Å². The minimum Gasteiger partial charge on any atom is -0.481 e. The van der Waals surface area contributed by atoms with Gasteiger partial charge in [0, 0.05) is 22.2 Å². The highest BCUT2D eigenvalue weighted by atomic mass is 79.9. The fraction of sp³-hybridized carbons (Fsp3) is 0.0870. The minimum atomic E-state index is -0.932. The maximum absolute atomic E-state index is 12.5. The van der Waals surface area contributed by atoms with E-state index >= 15 is 0 Å². The Morgan fingerprint density at radius 3 is 2.53 bits per heavy atom. The van der Waals surface area contributed by atoms with Crippen molar-refractivity contribution in [2.24, 2.45) is 5.10 Å². The van der Waals surface area contributed by atoms with Gasteiger partial charge in [-0.3, -0.25) is 14.9 Å². The van der Waals surface area contributed by atoms with Crippen LogP contribution in [0.15, 0.2) is 76.3 Å². The number of nitrogens with one attached hydrogen (secondary N) is 1. The Morgan fingerprint density at radius 2 is 1.85 bits per heavy atom. The molecule has 9 nitrogen and oxygen atoms in total. The molecule has 3 aromatic rings. The number of non-ortho nitro benzene ring substituents is 1. The van der Waals surface area contributed by atoms with Crippen molar-refractivity contribution in [1.29, 1.82) is 0 Å². The van der Waals surface area contributed by atoms with Crippen LogP contribution in [0.2, 0.25) is 5.02 Å². The molecular formula is C23H17BrClN3O6. The van der Waals surface area contributed by atoms with Crippen LogP contribution in [0.3, 0.4) is 0 Å². The molecule has 0 aliphatic heterocycles. The number of halogens is 2. The van der Waals surface area contributed by atoms with Crippen LogP contribution in [-0.2, 0) is 4.79 Å². The van der Waals surface area contributed by atoms with Crippen LogP contribution in [0, 0.1) is 10.1 Å². The Hall–Kier alpha value is -3.76. The van der Waals surface area contributed by atoms with E-state index in [0.29, 0.717) is 10.0 Å². The second-order valence-electron chi connectivity index (χ2n) is 6.80. The van der Waals surface area contributed by atoms with Crippen LogP contribution in [0.1, 0.15) is 22.8 Å². The zero-order chi connectivity index (χ0) is 24.7. The number of nitrogens with zero attached hydrogens (tertiary/aromatic N) is 2. The van der Waals surface area contributed by atoms with Gasteiger partial charge in [-0.25, -0.2) is 10.2 Å². The maximum atomic E-state index is 12.5. The van der Waals surface area contributed by atoms with Crippen molar-refractivity contribution in [1.82, 2.24) is 5.43 Å². The second kappa shape index (κ2) is 11.4. The number of benzene rings is 3. The molecule has 11 heteroatoms. The molecule has 0 bridgehead atoms. The fourth-order valence-electron chi connectivity index (χ4n) is 2.66. The van der Waals surface area contributed by atoms with Gasteiger partial charge in [-0.1, -0.05) is 39.7 Å². The number of hydrogen-bond acceptors (Lipinski definition) is 7. The molecule has 0 heterocycles. The quantitative estimate of drug-likeness (QED) is 0.137. The lowest BCUT2D eigenvalue weighted by atomic mass is 10.2. The average Bonchev–Trinajstić information content (AvgIpc) is 2.81. The van der Waals surface area contributed by atoms with E-state index in [1.54, 1.807) is 42.5 Å². The number of amides is 1. The van der Waals surface area contributed by atoms with E-state index in [1.807, 2.05) is 0 Å². The highest BCUT2D eigenvalue weighted by molar-refractivity contribution is 9.10. The van der Waals surface area contributed by atoms with Crippen molar-refractivity contribution in [2.75, 3.05) is 0 Å². The zero-order valence-corrected chi connectivity index (χ0v) is 19.9. The summed E-state index contributed by atoms with van der Waals surface area (Å²) in [5.74, 6) is -0.699. The van der Waals surface area contributed by atoms with Crippen molar-refractivity contribution >= 4 is 51.3 Å². The SMILES string of the molecule is C[C@H](Oc1ccc([N+](=O)[O-])cc1)C(=O)N/N=C\c1cc(Br)ccc1OC(=O)c1ccccc1Cl. The summed E-state index contributed by atoms with van der Waals surface area (Å²) in [7, 11) is 0. The van der Waals surface area contributed by atoms with E-state index in [9.17, 15) is 19.7 Å². The lowest BCUT2D eigenvalue weighted by Gasteiger charge is -2.13. The number of carbonyl (C=O) groups excluding carboxylic acids is 2. The van der Waals surface area contributed by atoms with Crippen molar-refractivity contribution in [3.05, 3.63) is 97.5 Å². The van der Waals surface area contributed by atoms with Gasteiger partial charge in [0.25, 0.3) is 11.6 Å². The number of hydrazone groups is 1. The third-order valence-corrected chi connectivity index (χ3v) is 5.20. The van der Waals surface area contributed by atoms with Crippen molar-refractivity contribution in [3.8, 4) is 11.5 Å². The molecule has 0 fully saturated rings. The van der Waals surface area contributed by atoms with Crippen LogP contribution >= 0.6 is 27.5 Å². The largest absolute Gasteiger partial charge is 0.481 e. The average molecular weight is 547 g/mol. The third kappa shape index (κ3) is 6.63. The molecular weight excluding hydrogens is 530 g/mol. The number of carbonyl (C=O) groups is 2. The van der Waals surface area contributed by atoms with Crippen LogP contribution in [0.5, 0.6) is 11.5 Å². The predicted molar refractivity (Wildman–Crippen MR) is 129 cm³/mol. The van der Waals surface area contributed by atoms with Gasteiger partial charge >= 0.3 is 5.97 Å². The molecule has 0 spiro atoms. The molecule has 1 amide bonds. The Bertz CT molecular complexity index is 1250. The number of rotatable bonds is 8. The van der Waals surface area contributed by atoms with Gasteiger partial charge in [0.15, 0.2) is 6.10 Å². The summed E-state index contributed by atoms with van der Waals surface area (Å²) in [5, 5.41) is 14.9. The number of esters is 1. The molecule has 0 saturated heterocycles. The standard InChI is InChI=1S/C23H17BrClN3O6/c1-14(33-18-9-7-17(8-10-18)28(31)32)22(29)27-26-13-15-12-16(24)6-11-21(15)34-23(30)19-4-2-3-5-20(19)25/h2-14H,1H3,(H,27,29)/b26-13-/t14-/m0/s1. The van der Waals surface area contributed by atoms with E-state index in [1.165, 1.54) is 37.4 Å². The zero-order valence-electron chi connectivity index (χ0n) is 17.6. The summed E-state index contributed by atoms with van der Waals surface area (Å²) < 4.78 is 11.6. The molecule has 34 heavy (non-hydrogen) atoms. The highest BCUT2D eigenvalue weighted by Crippen LogP contribution is 2.24. The van der Waals surface area contributed by atoms with E-state index in [0.717, 1.165) is 0 Å². The highest BCUT2D eigenvalue weighted by Gasteiger charge is 2.16. The summed E-state index contributed by atoms with van der Waals surface area (Å²) in [6.07, 6.45) is 0.384. The Kier molecular flexibility index (Phi) is 8.34. The van der Waals surface area contributed by atoms with Crippen LogP contribution in [0.25, 0.3) is 0 Å². The molecule has 0 aliphatic carbocycles. The fourth-order valence-corrected chi connectivity index (χ4v) is 3.25. The van der Waals surface area contributed by atoms with Gasteiger partial charge < -0.3 is 9.47 Å². The number of hydrogen-bond donors (Lipinski definition) is 1. The van der Waals surface area contributed by atoms with E-state index in [2.05, 4.69) is 26.5 Å². The van der Waals surface area contributed by atoms with Gasteiger partial charge in [0.05, 0.1) is 21.7 Å². The first-order chi connectivity index (χ1) is 16.2. The topological polar surface area (TPSA) is 120 Å². The van der Waals surface area contributed by atoms with Gasteiger partial charge in [0.2, 0.25) is 0 Å². The van der Waals surface area contributed by atoms with Crippen LogP contribution in [-0.4, -0.2) is 29.1 Å². The number of ether oxygens (including phenoxy) is 2. The molecule has 3 rings (SSSR count). The third-order valence-electron chi connectivity index (χ3n) is 4.38. The second-order valence-corrected chi connectivity index (χ2v) is 8.12. The van der Waals surface area contributed by atoms with Gasteiger partial charge in [-0.05, 0) is 49.4 Å². The number of nitro benzene ring substituents is 1. The molecule has 1 N–H and O–H groups in total. The van der Waals surface area contributed by atoms with Crippen molar-refractivity contribution in [3.63, 3.8) is 0 Å². The Balaban J connectivity index is 1.65. The van der Waals surface area contributed by atoms with Gasteiger partial charge in [0.1, 0.15) is 11.5 Å². The van der Waals surface area contributed by atoms with Crippen molar-refractivity contribution in [2.45, 2.75) is 13.0 Å². The van der Waals surface area contributed by atoms with Gasteiger partial charge in [-0.15, -0.1) is 0 Å². The molecule has 3 aromatic carbocycles. The smallest absolute Gasteiger partial charge is 0.345 e. The molecule has 0 unspecified atom stereocenters.